The minimum Gasteiger partial charge on any atom is -0.481 e. The van der Waals surface area contributed by atoms with Crippen LogP contribution < -0.4 is 0 Å². The molecule has 0 aliphatic rings. The van der Waals surface area contributed by atoms with Crippen molar-refractivity contribution in [1.82, 2.24) is 4.31 Å². The van der Waals surface area contributed by atoms with E-state index >= 15 is 0 Å². The highest BCUT2D eigenvalue weighted by Gasteiger charge is 2.27. The molecule has 0 radical (unpaired) electrons. The fourth-order valence-corrected chi connectivity index (χ4v) is 2.89. The first-order valence-electron chi connectivity index (χ1n) is 5.60. The van der Waals surface area contributed by atoms with E-state index < -0.39 is 27.0 Å². The Balaban J connectivity index is 3.03. The van der Waals surface area contributed by atoms with Gasteiger partial charge >= 0.3 is 5.97 Å². The molecule has 0 spiro atoms. The van der Waals surface area contributed by atoms with Gasteiger partial charge in [0.1, 0.15) is 0 Å². The Labute approximate surface area is 115 Å². The number of nitrogens with zero attached hydrogens (tertiary/aromatic N) is 2. The zero-order valence-electron chi connectivity index (χ0n) is 10.9. The number of carboxylic acid groups (broad SMARTS) is 1. The second-order valence-corrected chi connectivity index (χ2v) is 6.22. The topological polar surface area (TPSA) is 118 Å². The van der Waals surface area contributed by atoms with Crippen LogP contribution in [0.1, 0.15) is 13.3 Å². The average molecular weight is 302 g/mol. The van der Waals surface area contributed by atoms with Crippen LogP contribution in [0.4, 0.5) is 5.69 Å². The van der Waals surface area contributed by atoms with E-state index in [1.807, 2.05) is 0 Å². The number of sulfonamides is 1. The number of hydrogen-bond donors (Lipinski definition) is 1. The number of nitro benzene ring substituents is 1. The molecule has 1 N–H and O–H groups in total. The molecule has 110 valence electrons. The largest absolute Gasteiger partial charge is 0.481 e. The Bertz CT molecular complexity index is 610. The summed E-state index contributed by atoms with van der Waals surface area (Å²) in [5, 5.41) is 19.2. The van der Waals surface area contributed by atoms with Gasteiger partial charge < -0.3 is 5.11 Å². The lowest BCUT2D eigenvalue weighted by Crippen LogP contribution is -2.36. The molecule has 0 aliphatic heterocycles. The number of aliphatic carboxylic acids is 1. The minimum atomic E-state index is -3.88. The fraction of sp³-hybridized carbons (Fsp3) is 0.364. The SMILES string of the molecule is C[C@H](CC(=O)O)N(C)S(=O)(=O)c1ccc([N+](=O)[O-])cc1. The molecule has 0 bridgehead atoms. The normalized spacial score (nSPS) is 13.2. The van der Waals surface area contributed by atoms with Gasteiger partial charge in [-0.15, -0.1) is 0 Å². The van der Waals surface area contributed by atoms with Crippen LogP contribution in [0.3, 0.4) is 0 Å². The summed E-state index contributed by atoms with van der Waals surface area (Å²) >= 11 is 0. The third kappa shape index (κ3) is 3.52. The molecule has 0 saturated heterocycles. The van der Waals surface area contributed by atoms with Crippen molar-refractivity contribution < 1.29 is 23.2 Å². The molecule has 0 heterocycles. The van der Waals surface area contributed by atoms with Crippen LogP contribution in [0.25, 0.3) is 0 Å². The Morgan fingerprint density at radius 2 is 1.90 bits per heavy atom. The summed E-state index contributed by atoms with van der Waals surface area (Å²) in [5.74, 6) is -1.11. The molecule has 0 aromatic heterocycles. The van der Waals surface area contributed by atoms with Gasteiger partial charge in [-0.05, 0) is 19.1 Å². The maximum atomic E-state index is 12.2. The van der Waals surface area contributed by atoms with Gasteiger partial charge in [0, 0.05) is 25.2 Å². The monoisotopic (exact) mass is 302 g/mol. The van der Waals surface area contributed by atoms with Gasteiger partial charge in [-0.3, -0.25) is 14.9 Å². The van der Waals surface area contributed by atoms with Crippen molar-refractivity contribution in [3.8, 4) is 0 Å². The third-order valence-electron chi connectivity index (χ3n) is 2.82. The first kappa shape index (κ1) is 16.1. The summed E-state index contributed by atoms with van der Waals surface area (Å²) in [6.07, 6.45) is -0.331. The molecule has 1 rings (SSSR count). The summed E-state index contributed by atoms with van der Waals surface area (Å²) in [6, 6.07) is 3.69. The summed E-state index contributed by atoms with van der Waals surface area (Å²) in [7, 11) is -2.61. The molecule has 1 atom stereocenters. The molecule has 8 nitrogen and oxygen atoms in total. The van der Waals surface area contributed by atoms with E-state index in [1.165, 1.54) is 14.0 Å². The van der Waals surface area contributed by atoms with Crippen molar-refractivity contribution in [3.05, 3.63) is 34.4 Å². The number of nitro groups is 1. The maximum Gasteiger partial charge on any atom is 0.304 e. The van der Waals surface area contributed by atoms with Crippen molar-refractivity contribution in [1.29, 1.82) is 0 Å². The summed E-state index contributed by atoms with van der Waals surface area (Å²) in [4.78, 5) is 20.4. The number of carbonyl (C=O) groups is 1. The van der Waals surface area contributed by atoms with E-state index in [0.29, 0.717) is 0 Å². The lowest BCUT2D eigenvalue weighted by molar-refractivity contribution is -0.384. The van der Waals surface area contributed by atoms with Crippen LogP contribution in [-0.2, 0) is 14.8 Å². The van der Waals surface area contributed by atoms with Crippen molar-refractivity contribution in [3.63, 3.8) is 0 Å². The second kappa shape index (κ2) is 5.97. The van der Waals surface area contributed by atoms with Crippen molar-refractivity contribution >= 4 is 21.7 Å². The molecule has 0 aliphatic carbocycles. The van der Waals surface area contributed by atoms with Crippen LogP contribution in [0.5, 0.6) is 0 Å². The van der Waals surface area contributed by atoms with Crippen LogP contribution >= 0.6 is 0 Å². The van der Waals surface area contributed by atoms with E-state index in [9.17, 15) is 23.3 Å². The van der Waals surface area contributed by atoms with Crippen LogP contribution in [0, 0.1) is 10.1 Å². The fourth-order valence-electron chi connectivity index (χ4n) is 1.52. The minimum absolute atomic E-state index is 0.122. The van der Waals surface area contributed by atoms with Crippen molar-refractivity contribution in [2.24, 2.45) is 0 Å². The summed E-state index contributed by atoms with van der Waals surface area (Å²) < 4.78 is 25.3. The van der Waals surface area contributed by atoms with E-state index in [0.717, 1.165) is 28.6 Å². The van der Waals surface area contributed by atoms with Gasteiger partial charge in [-0.1, -0.05) is 0 Å². The maximum absolute atomic E-state index is 12.2. The molecule has 1 aromatic carbocycles. The van der Waals surface area contributed by atoms with Gasteiger partial charge in [0.05, 0.1) is 16.2 Å². The van der Waals surface area contributed by atoms with Crippen molar-refractivity contribution in [2.45, 2.75) is 24.3 Å². The Morgan fingerprint density at radius 3 is 2.30 bits per heavy atom. The second-order valence-electron chi connectivity index (χ2n) is 4.22. The quantitative estimate of drug-likeness (QED) is 0.620. The first-order chi connectivity index (χ1) is 9.16. The van der Waals surface area contributed by atoms with E-state index in [1.54, 1.807) is 0 Å². The smallest absolute Gasteiger partial charge is 0.304 e. The highest BCUT2D eigenvalue weighted by Crippen LogP contribution is 2.20. The van der Waals surface area contributed by atoms with Gasteiger partial charge in [0.15, 0.2) is 0 Å². The van der Waals surface area contributed by atoms with Crippen molar-refractivity contribution in [2.75, 3.05) is 7.05 Å². The van der Waals surface area contributed by atoms with Gasteiger partial charge in [0.25, 0.3) is 5.69 Å². The van der Waals surface area contributed by atoms with Crippen LogP contribution in [0.15, 0.2) is 29.2 Å². The highest BCUT2D eigenvalue weighted by molar-refractivity contribution is 7.89. The van der Waals surface area contributed by atoms with E-state index in [2.05, 4.69) is 0 Å². The molecular weight excluding hydrogens is 288 g/mol. The van der Waals surface area contributed by atoms with Gasteiger partial charge in [-0.2, -0.15) is 4.31 Å². The summed E-state index contributed by atoms with van der Waals surface area (Å²) in [6.45, 7) is 1.47. The molecule has 0 unspecified atom stereocenters. The lowest BCUT2D eigenvalue weighted by Gasteiger charge is -2.22. The predicted molar refractivity (Wildman–Crippen MR) is 69.8 cm³/mol. The predicted octanol–water partition coefficient (Wildman–Crippen LogP) is 1.08. The third-order valence-corrected chi connectivity index (χ3v) is 4.80. The molecule has 9 heteroatoms. The standard InChI is InChI=1S/C11H14N2O6S/c1-8(7-11(14)15)12(2)20(18,19)10-5-3-9(4-6-10)13(16)17/h3-6,8H,7H2,1-2H3,(H,14,15)/t8-/m1/s1. The molecule has 1 aromatic rings. The molecule has 0 fully saturated rings. The number of non-ortho nitro benzene ring substituents is 1. The number of hydrogen-bond acceptors (Lipinski definition) is 5. The Morgan fingerprint density at radius 1 is 1.40 bits per heavy atom. The van der Waals surface area contributed by atoms with Crippen LogP contribution in [-0.4, -0.2) is 41.8 Å². The zero-order chi connectivity index (χ0) is 15.5. The first-order valence-corrected chi connectivity index (χ1v) is 7.04. The number of benzene rings is 1. The van der Waals surface area contributed by atoms with E-state index in [4.69, 9.17) is 5.11 Å². The number of carboxylic acids is 1. The van der Waals surface area contributed by atoms with Crippen LogP contribution in [0.2, 0.25) is 0 Å². The number of rotatable bonds is 6. The molecular formula is C11H14N2O6S. The highest BCUT2D eigenvalue weighted by atomic mass is 32.2. The molecule has 0 amide bonds. The molecule has 0 saturated carbocycles. The average Bonchev–Trinajstić information content (AvgIpc) is 2.37. The molecule has 20 heavy (non-hydrogen) atoms. The lowest BCUT2D eigenvalue weighted by atomic mass is 10.2. The van der Waals surface area contributed by atoms with E-state index in [-0.39, 0.29) is 17.0 Å². The zero-order valence-corrected chi connectivity index (χ0v) is 11.7. The van der Waals surface area contributed by atoms with Gasteiger partial charge in [-0.25, -0.2) is 8.42 Å². The summed E-state index contributed by atoms with van der Waals surface area (Å²) in [5.41, 5.74) is -0.217. The Kier molecular flexibility index (Phi) is 4.79. The van der Waals surface area contributed by atoms with Gasteiger partial charge in [0.2, 0.25) is 10.0 Å². The Hall–Kier alpha value is -2.00.